The number of benzene rings is 1. The van der Waals surface area contributed by atoms with Crippen LogP contribution in [0.5, 0.6) is 0 Å². The van der Waals surface area contributed by atoms with Crippen LogP contribution in [0.15, 0.2) is 30.3 Å². The topological polar surface area (TPSA) is 119 Å². The lowest BCUT2D eigenvalue weighted by atomic mass is 9.74. The van der Waals surface area contributed by atoms with Gasteiger partial charge in [-0.2, -0.15) is 0 Å². The fraction of sp³-hybridized carbons (Fsp3) is 0.615. The van der Waals surface area contributed by atoms with Gasteiger partial charge in [0.05, 0.1) is 6.04 Å². The maximum atomic E-state index is 13.4. The molecule has 1 saturated heterocycles. The zero-order chi connectivity index (χ0) is 26.0. The van der Waals surface area contributed by atoms with Crippen molar-refractivity contribution in [3.05, 3.63) is 35.9 Å². The van der Waals surface area contributed by atoms with Crippen molar-refractivity contribution < 1.29 is 24.4 Å². The largest absolute Gasteiger partial charge is 0.354 e. The molecular weight excluding hydrogens is 448 g/mol. The molecule has 9 heteroatoms. The van der Waals surface area contributed by atoms with Gasteiger partial charge >= 0.3 is 6.03 Å². The van der Waals surface area contributed by atoms with E-state index in [2.05, 4.69) is 10.6 Å². The Morgan fingerprint density at radius 2 is 1.94 bits per heavy atom. The number of ketones is 1. The average molecular weight is 489 g/mol. The SMILES string of the molecule is C[C@@H]([C@@H](CCCc1ccccc1)C(=O)C[C@H](C(=O)NCCN1CCNC1=O)C(C)(C)C)N(O)C=O. The fourth-order valence-electron chi connectivity index (χ4n) is 4.43. The molecule has 0 radical (unpaired) electrons. The number of urea groups is 1. The molecular formula is C26H40N4O5. The van der Waals surface area contributed by atoms with Crippen molar-refractivity contribution in [2.24, 2.45) is 17.3 Å². The van der Waals surface area contributed by atoms with Gasteiger partial charge in [0.1, 0.15) is 5.78 Å². The van der Waals surface area contributed by atoms with Crippen LogP contribution in [0.3, 0.4) is 0 Å². The van der Waals surface area contributed by atoms with Gasteiger partial charge in [0, 0.05) is 44.4 Å². The van der Waals surface area contributed by atoms with Crippen LogP contribution in [0, 0.1) is 17.3 Å². The number of hydroxylamine groups is 2. The number of nitrogens with zero attached hydrogens (tertiary/aromatic N) is 2. The summed E-state index contributed by atoms with van der Waals surface area (Å²) < 4.78 is 0. The van der Waals surface area contributed by atoms with E-state index < -0.39 is 23.3 Å². The van der Waals surface area contributed by atoms with Crippen molar-refractivity contribution >= 4 is 24.1 Å². The Balaban J connectivity index is 2.03. The molecule has 1 aliphatic rings. The standard InChI is InChI=1S/C26H40N4O5/c1-19(30(35)18-31)21(12-8-11-20-9-6-5-7-10-20)23(32)17-22(26(2,3)4)24(33)27-13-15-29-16-14-28-25(29)34/h5-7,9-10,18-19,21-22,35H,8,11-17H2,1-4H3,(H,27,33)(H,28,34)/t19-,21+,22+/m0/s1. The second-order valence-corrected chi connectivity index (χ2v) is 10.3. The summed E-state index contributed by atoms with van der Waals surface area (Å²) in [6.45, 7) is 9.29. The zero-order valence-corrected chi connectivity index (χ0v) is 21.3. The predicted molar refractivity (Wildman–Crippen MR) is 133 cm³/mol. The molecule has 2 rings (SSSR count). The van der Waals surface area contributed by atoms with Gasteiger partial charge in [-0.05, 0) is 37.2 Å². The van der Waals surface area contributed by atoms with Gasteiger partial charge in [0.25, 0.3) is 0 Å². The lowest BCUT2D eigenvalue weighted by Crippen LogP contribution is -2.45. The second kappa shape index (κ2) is 13.2. The Kier molecular flexibility index (Phi) is 10.7. The number of rotatable bonds is 14. The normalized spacial score (nSPS) is 16.3. The summed E-state index contributed by atoms with van der Waals surface area (Å²) >= 11 is 0. The minimum Gasteiger partial charge on any atom is -0.354 e. The Bertz CT molecular complexity index is 855. The van der Waals surface area contributed by atoms with Crippen molar-refractivity contribution in [1.82, 2.24) is 20.6 Å². The summed E-state index contributed by atoms with van der Waals surface area (Å²) in [5, 5.41) is 16.1. The zero-order valence-electron chi connectivity index (χ0n) is 21.3. The third-order valence-corrected chi connectivity index (χ3v) is 6.74. The number of nitrogens with one attached hydrogen (secondary N) is 2. The molecule has 1 aliphatic heterocycles. The van der Waals surface area contributed by atoms with Crippen molar-refractivity contribution in [2.45, 2.75) is 59.4 Å². The van der Waals surface area contributed by atoms with E-state index in [-0.39, 0.29) is 24.1 Å². The third kappa shape index (κ3) is 8.65. The van der Waals surface area contributed by atoms with Crippen molar-refractivity contribution in [3.8, 4) is 0 Å². The Labute approximate surface area is 208 Å². The van der Waals surface area contributed by atoms with Gasteiger partial charge in [-0.1, -0.05) is 51.1 Å². The highest BCUT2D eigenvalue weighted by molar-refractivity contribution is 5.89. The quantitative estimate of drug-likeness (QED) is 0.211. The molecule has 9 nitrogen and oxygen atoms in total. The lowest BCUT2D eigenvalue weighted by molar-refractivity contribution is -0.166. The minimum atomic E-state index is -0.701. The van der Waals surface area contributed by atoms with E-state index in [4.69, 9.17) is 0 Å². The first kappa shape index (κ1) is 28.3. The number of amides is 4. The lowest BCUT2D eigenvalue weighted by Gasteiger charge is -2.32. The van der Waals surface area contributed by atoms with Crippen LogP contribution in [0.1, 0.15) is 52.5 Å². The van der Waals surface area contributed by atoms with Crippen LogP contribution >= 0.6 is 0 Å². The summed E-state index contributed by atoms with van der Waals surface area (Å²) in [4.78, 5) is 51.0. The highest BCUT2D eigenvalue weighted by Crippen LogP contribution is 2.32. The molecule has 0 aliphatic carbocycles. The van der Waals surface area contributed by atoms with E-state index in [9.17, 15) is 24.4 Å². The fourth-order valence-corrected chi connectivity index (χ4v) is 4.43. The molecule has 3 N–H and O–H groups in total. The molecule has 0 unspecified atom stereocenters. The number of hydrogen-bond acceptors (Lipinski definition) is 5. The number of carbonyl (C=O) groups excluding carboxylic acids is 4. The van der Waals surface area contributed by atoms with Gasteiger partial charge in [0.15, 0.2) is 0 Å². The van der Waals surface area contributed by atoms with Gasteiger partial charge in [-0.15, -0.1) is 0 Å². The first-order valence-electron chi connectivity index (χ1n) is 12.3. The van der Waals surface area contributed by atoms with Gasteiger partial charge in [-0.3, -0.25) is 19.6 Å². The molecule has 0 aromatic heterocycles. The van der Waals surface area contributed by atoms with Crippen LogP contribution in [-0.4, -0.2) is 71.5 Å². The van der Waals surface area contributed by atoms with Gasteiger partial charge in [0.2, 0.25) is 12.3 Å². The first-order valence-corrected chi connectivity index (χ1v) is 12.3. The second-order valence-electron chi connectivity index (χ2n) is 10.3. The van der Waals surface area contributed by atoms with Crippen molar-refractivity contribution in [3.63, 3.8) is 0 Å². The molecule has 1 heterocycles. The van der Waals surface area contributed by atoms with Crippen LogP contribution in [0.4, 0.5) is 4.79 Å². The number of carbonyl (C=O) groups is 4. The van der Waals surface area contributed by atoms with E-state index in [1.807, 2.05) is 51.1 Å². The number of hydrogen-bond donors (Lipinski definition) is 3. The summed E-state index contributed by atoms with van der Waals surface area (Å²) in [6.07, 6.45) is 2.29. The summed E-state index contributed by atoms with van der Waals surface area (Å²) in [5.74, 6) is -1.58. The van der Waals surface area contributed by atoms with Crippen LogP contribution in [0.25, 0.3) is 0 Å². The predicted octanol–water partition coefficient (Wildman–Crippen LogP) is 2.62. The third-order valence-electron chi connectivity index (χ3n) is 6.74. The first-order chi connectivity index (χ1) is 16.5. The average Bonchev–Trinajstić information content (AvgIpc) is 3.23. The Hall–Kier alpha value is -2.94. The molecule has 35 heavy (non-hydrogen) atoms. The maximum Gasteiger partial charge on any atom is 0.317 e. The smallest absolute Gasteiger partial charge is 0.317 e. The number of aryl methyl sites for hydroxylation is 1. The van der Waals surface area contributed by atoms with E-state index in [1.165, 1.54) is 0 Å². The number of Topliss-reactive ketones (excluding diaryl/α,β-unsaturated/α-hetero) is 1. The van der Waals surface area contributed by atoms with Crippen LogP contribution in [-0.2, 0) is 20.8 Å². The summed E-state index contributed by atoms with van der Waals surface area (Å²) in [7, 11) is 0. The van der Waals surface area contributed by atoms with Gasteiger partial charge < -0.3 is 15.5 Å². The van der Waals surface area contributed by atoms with Crippen LogP contribution < -0.4 is 10.6 Å². The Morgan fingerprint density at radius 3 is 2.51 bits per heavy atom. The van der Waals surface area contributed by atoms with E-state index in [0.717, 1.165) is 12.0 Å². The molecule has 0 saturated carbocycles. The molecule has 3 atom stereocenters. The van der Waals surface area contributed by atoms with Crippen molar-refractivity contribution in [1.29, 1.82) is 0 Å². The molecule has 1 aromatic rings. The molecule has 4 amide bonds. The molecule has 0 spiro atoms. The van der Waals surface area contributed by atoms with Gasteiger partial charge in [-0.25, -0.2) is 9.86 Å². The van der Waals surface area contributed by atoms with E-state index >= 15 is 0 Å². The van der Waals surface area contributed by atoms with Crippen LogP contribution in [0.2, 0.25) is 0 Å². The highest BCUT2D eigenvalue weighted by Gasteiger charge is 2.37. The summed E-state index contributed by atoms with van der Waals surface area (Å²) in [6, 6.07) is 9.08. The summed E-state index contributed by atoms with van der Waals surface area (Å²) in [5.41, 5.74) is 0.674. The van der Waals surface area contributed by atoms with E-state index in [1.54, 1.807) is 11.8 Å². The van der Waals surface area contributed by atoms with Crippen molar-refractivity contribution in [2.75, 3.05) is 26.2 Å². The molecule has 194 valence electrons. The van der Waals surface area contributed by atoms with E-state index in [0.29, 0.717) is 50.5 Å². The minimum absolute atomic E-state index is 0.00652. The molecule has 0 bridgehead atoms. The monoisotopic (exact) mass is 488 g/mol. The molecule has 1 aromatic carbocycles. The molecule has 1 fully saturated rings. The highest BCUT2D eigenvalue weighted by atomic mass is 16.5. The Morgan fingerprint density at radius 1 is 1.26 bits per heavy atom. The maximum absolute atomic E-state index is 13.4.